The van der Waals surface area contributed by atoms with Crippen LogP contribution in [0.15, 0.2) is 53.3 Å². The number of aromatic nitrogens is 2. The maximum absolute atomic E-state index is 12.6. The fourth-order valence-electron chi connectivity index (χ4n) is 4.21. The highest BCUT2D eigenvalue weighted by atomic mass is 16.5. The van der Waals surface area contributed by atoms with Crippen LogP contribution in [0.2, 0.25) is 0 Å². The fraction of sp³-hybridized carbons (Fsp3) is 0.391. The molecule has 0 unspecified atom stereocenters. The number of aryl methyl sites for hydroxylation is 1. The van der Waals surface area contributed by atoms with Gasteiger partial charge in [-0.15, -0.1) is 0 Å². The van der Waals surface area contributed by atoms with E-state index in [1.807, 2.05) is 37.3 Å². The molecule has 0 spiro atoms. The van der Waals surface area contributed by atoms with Crippen molar-refractivity contribution in [2.45, 2.75) is 45.2 Å². The van der Waals surface area contributed by atoms with Gasteiger partial charge >= 0.3 is 0 Å². The van der Waals surface area contributed by atoms with E-state index >= 15 is 0 Å². The van der Waals surface area contributed by atoms with E-state index in [2.05, 4.69) is 17.0 Å². The van der Waals surface area contributed by atoms with E-state index in [-0.39, 0.29) is 5.56 Å². The quantitative estimate of drug-likeness (QED) is 0.686. The van der Waals surface area contributed by atoms with Gasteiger partial charge in [-0.05, 0) is 56.1 Å². The number of methoxy groups -OCH3 is 1. The van der Waals surface area contributed by atoms with Crippen molar-refractivity contribution in [3.63, 3.8) is 0 Å². The molecule has 0 bridgehead atoms. The minimum atomic E-state index is -0.00563. The summed E-state index contributed by atoms with van der Waals surface area (Å²) in [7, 11) is 1.69. The van der Waals surface area contributed by atoms with Gasteiger partial charge in [-0.2, -0.15) is 0 Å². The lowest BCUT2D eigenvalue weighted by molar-refractivity contribution is 0.190. The predicted molar refractivity (Wildman–Crippen MR) is 111 cm³/mol. The maximum atomic E-state index is 12.6. The minimum Gasteiger partial charge on any atom is -0.497 e. The van der Waals surface area contributed by atoms with E-state index in [0.29, 0.717) is 12.6 Å². The van der Waals surface area contributed by atoms with Crippen LogP contribution in [0.1, 0.15) is 48.7 Å². The summed E-state index contributed by atoms with van der Waals surface area (Å²) in [5.74, 6) is 0.878. The van der Waals surface area contributed by atoms with Gasteiger partial charge in [0, 0.05) is 24.3 Å². The number of ether oxygens (including phenoxy) is 1. The molecule has 0 saturated carbocycles. The van der Waals surface area contributed by atoms with Crippen molar-refractivity contribution in [1.29, 1.82) is 0 Å². The molecule has 28 heavy (non-hydrogen) atoms. The van der Waals surface area contributed by atoms with Gasteiger partial charge in [0.2, 0.25) is 0 Å². The molecule has 5 nitrogen and oxygen atoms in total. The van der Waals surface area contributed by atoms with Crippen LogP contribution in [0.4, 0.5) is 0 Å². The average Bonchev–Trinajstić information content (AvgIpc) is 2.93. The van der Waals surface area contributed by atoms with Crippen molar-refractivity contribution in [3.8, 4) is 5.75 Å². The third kappa shape index (κ3) is 3.80. The molecular weight excluding hydrogens is 350 g/mol. The van der Waals surface area contributed by atoms with Crippen LogP contribution < -0.4 is 10.3 Å². The molecule has 4 rings (SSSR count). The number of pyridine rings is 1. The Morgan fingerprint density at radius 3 is 2.71 bits per heavy atom. The molecule has 1 aliphatic rings. The summed E-state index contributed by atoms with van der Waals surface area (Å²) in [4.78, 5) is 19.9. The number of rotatable bonds is 4. The summed E-state index contributed by atoms with van der Waals surface area (Å²) >= 11 is 0. The summed E-state index contributed by atoms with van der Waals surface area (Å²) in [6.07, 6.45) is 4.77. The Balaban J connectivity index is 1.65. The fourth-order valence-corrected chi connectivity index (χ4v) is 4.21. The third-order valence-electron chi connectivity index (χ3n) is 5.66. The van der Waals surface area contributed by atoms with Crippen molar-refractivity contribution in [2.75, 3.05) is 13.7 Å². The van der Waals surface area contributed by atoms with Crippen molar-refractivity contribution in [1.82, 2.24) is 14.3 Å². The van der Waals surface area contributed by atoms with Gasteiger partial charge in [0.25, 0.3) is 5.56 Å². The smallest absolute Gasteiger partial charge is 0.258 e. The molecule has 1 aromatic carbocycles. The van der Waals surface area contributed by atoms with Crippen LogP contribution >= 0.6 is 0 Å². The second kappa shape index (κ2) is 8.15. The first-order valence-corrected chi connectivity index (χ1v) is 10.0. The minimum absolute atomic E-state index is 0.00563. The molecule has 1 atom stereocenters. The second-order valence-electron chi connectivity index (χ2n) is 7.56. The van der Waals surface area contributed by atoms with Gasteiger partial charge in [-0.3, -0.25) is 14.1 Å². The molecule has 1 saturated heterocycles. The number of nitrogens with zero attached hydrogens (tertiary/aromatic N) is 3. The predicted octanol–water partition coefficient (Wildman–Crippen LogP) is 4.13. The zero-order valence-corrected chi connectivity index (χ0v) is 16.6. The van der Waals surface area contributed by atoms with E-state index in [4.69, 9.17) is 9.72 Å². The standard InChI is InChI=1S/C23H27N3O2/c1-17-7-6-9-22-24-19(15-23(27)26(17)22)16-25-14-5-3-4-8-21(25)18-10-12-20(28-2)13-11-18/h6-7,9-13,15,21H,3-5,8,14,16H2,1-2H3/t21-/m1/s1. The van der Waals surface area contributed by atoms with Crippen molar-refractivity contribution in [3.05, 3.63) is 75.8 Å². The molecule has 0 amide bonds. The van der Waals surface area contributed by atoms with E-state index in [1.54, 1.807) is 17.6 Å². The highest BCUT2D eigenvalue weighted by Crippen LogP contribution is 2.32. The van der Waals surface area contributed by atoms with Crippen LogP contribution in [0.5, 0.6) is 5.75 Å². The van der Waals surface area contributed by atoms with Gasteiger partial charge < -0.3 is 4.74 Å². The Labute approximate surface area is 165 Å². The molecule has 3 aromatic rings. The van der Waals surface area contributed by atoms with Crippen LogP contribution in [0, 0.1) is 6.92 Å². The van der Waals surface area contributed by atoms with E-state index in [9.17, 15) is 4.79 Å². The van der Waals surface area contributed by atoms with Gasteiger partial charge in [-0.25, -0.2) is 4.98 Å². The molecular formula is C23H27N3O2. The number of benzene rings is 1. The van der Waals surface area contributed by atoms with Crippen molar-refractivity contribution < 1.29 is 4.74 Å². The van der Waals surface area contributed by atoms with Crippen molar-refractivity contribution >= 4 is 5.65 Å². The first-order valence-electron chi connectivity index (χ1n) is 10.0. The summed E-state index contributed by atoms with van der Waals surface area (Å²) in [6.45, 7) is 3.65. The summed E-state index contributed by atoms with van der Waals surface area (Å²) in [5, 5.41) is 0. The Kier molecular flexibility index (Phi) is 5.44. The summed E-state index contributed by atoms with van der Waals surface area (Å²) in [6, 6.07) is 16.2. The van der Waals surface area contributed by atoms with Crippen LogP contribution in [-0.4, -0.2) is 27.9 Å². The first-order chi connectivity index (χ1) is 13.7. The Morgan fingerprint density at radius 1 is 1.11 bits per heavy atom. The summed E-state index contributed by atoms with van der Waals surface area (Å²) < 4.78 is 6.98. The molecule has 1 aliphatic heterocycles. The number of hydrogen-bond acceptors (Lipinski definition) is 4. The first kappa shape index (κ1) is 18.7. The van der Waals surface area contributed by atoms with E-state index in [0.717, 1.165) is 35.8 Å². The van der Waals surface area contributed by atoms with E-state index in [1.165, 1.54) is 24.8 Å². The Hall–Kier alpha value is -2.66. The number of hydrogen-bond donors (Lipinski definition) is 0. The molecule has 3 heterocycles. The van der Waals surface area contributed by atoms with Gasteiger partial charge in [0.05, 0.1) is 12.8 Å². The van der Waals surface area contributed by atoms with Crippen LogP contribution in [0.3, 0.4) is 0 Å². The third-order valence-corrected chi connectivity index (χ3v) is 5.66. The number of fused-ring (bicyclic) bond motifs is 1. The second-order valence-corrected chi connectivity index (χ2v) is 7.56. The maximum Gasteiger partial charge on any atom is 0.258 e. The van der Waals surface area contributed by atoms with E-state index < -0.39 is 0 Å². The highest BCUT2D eigenvalue weighted by Gasteiger charge is 2.23. The lowest BCUT2D eigenvalue weighted by Gasteiger charge is -2.30. The monoisotopic (exact) mass is 377 g/mol. The molecule has 146 valence electrons. The average molecular weight is 377 g/mol. The highest BCUT2D eigenvalue weighted by molar-refractivity contribution is 5.40. The molecule has 1 fully saturated rings. The van der Waals surface area contributed by atoms with Gasteiger partial charge in [0.15, 0.2) is 0 Å². The number of likely N-dealkylation sites (tertiary alicyclic amines) is 1. The molecule has 2 aromatic heterocycles. The van der Waals surface area contributed by atoms with Crippen LogP contribution in [-0.2, 0) is 6.54 Å². The molecule has 0 aliphatic carbocycles. The van der Waals surface area contributed by atoms with Crippen molar-refractivity contribution in [2.24, 2.45) is 0 Å². The lowest BCUT2D eigenvalue weighted by Crippen LogP contribution is -2.29. The molecule has 0 radical (unpaired) electrons. The zero-order valence-electron chi connectivity index (χ0n) is 16.6. The summed E-state index contributed by atoms with van der Waals surface area (Å²) in [5.41, 5.74) is 3.77. The molecule has 0 N–H and O–H groups in total. The molecule has 5 heteroatoms. The zero-order chi connectivity index (χ0) is 19.5. The largest absolute Gasteiger partial charge is 0.497 e. The van der Waals surface area contributed by atoms with Gasteiger partial charge in [-0.1, -0.05) is 31.0 Å². The SMILES string of the molecule is COc1ccc([C@H]2CCCCCN2Cc2cc(=O)n3c(C)cccc3n2)cc1. The Bertz CT molecular complexity index is 1010. The van der Waals surface area contributed by atoms with Gasteiger partial charge in [0.1, 0.15) is 11.4 Å². The Morgan fingerprint density at radius 2 is 1.93 bits per heavy atom. The lowest BCUT2D eigenvalue weighted by atomic mass is 10.0. The topological polar surface area (TPSA) is 46.8 Å². The van der Waals surface area contributed by atoms with Crippen LogP contribution in [0.25, 0.3) is 5.65 Å². The normalized spacial score (nSPS) is 18.1.